The van der Waals surface area contributed by atoms with Crippen LogP contribution in [-0.4, -0.2) is 31.1 Å². The highest BCUT2D eigenvalue weighted by atomic mass is 15.3. The molecule has 1 aliphatic rings. The molecular formula is C19H18N6. The minimum atomic E-state index is 0.686. The fourth-order valence-electron chi connectivity index (χ4n) is 3.29. The first-order valence-electron chi connectivity index (χ1n) is 8.66. The number of nitrogens with zero attached hydrogens (tertiary/aromatic N) is 5. The maximum absolute atomic E-state index is 4.58. The number of rotatable bonds is 4. The molecule has 0 unspecified atom stereocenters. The van der Waals surface area contributed by atoms with Crippen LogP contribution in [0.25, 0.3) is 27.7 Å². The van der Waals surface area contributed by atoms with E-state index in [1.807, 2.05) is 23.0 Å². The molecule has 1 N–H and O–H groups in total. The van der Waals surface area contributed by atoms with E-state index in [1.54, 1.807) is 12.4 Å². The van der Waals surface area contributed by atoms with Crippen molar-refractivity contribution in [3.05, 3.63) is 49.1 Å². The monoisotopic (exact) mass is 330 g/mol. The van der Waals surface area contributed by atoms with Gasteiger partial charge >= 0.3 is 0 Å². The molecule has 5 rings (SSSR count). The Balaban J connectivity index is 1.48. The van der Waals surface area contributed by atoms with Crippen LogP contribution in [0.2, 0.25) is 0 Å². The van der Waals surface area contributed by atoms with Gasteiger partial charge in [-0.1, -0.05) is 12.5 Å². The molecule has 0 radical (unpaired) electrons. The van der Waals surface area contributed by atoms with Gasteiger partial charge in [0.2, 0.25) is 5.95 Å². The predicted molar refractivity (Wildman–Crippen MR) is 97.3 cm³/mol. The molecule has 1 aromatic carbocycles. The summed E-state index contributed by atoms with van der Waals surface area (Å²) in [5, 5.41) is 7.93. The highest BCUT2D eigenvalue weighted by molar-refractivity contribution is 5.86. The lowest BCUT2D eigenvalue weighted by Gasteiger charge is -2.25. The Labute approximate surface area is 145 Å². The lowest BCUT2D eigenvalue weighted by molar-refractivity contribution is 0.333. The van der Waals surface area contributed by atoms with E-state index in [0.717, 1.165) is 40.1 Å². The molecule has 0 bridgehead atoms. The summed E-state index contributed by atoms with van der Waals surface area (Å²) in [7, 11) is 0. The van der Waals surface area contributed by atoms with Crippen LogP contribution in [0.15, 0.2) is 49.1 Å². The standard InChI is InChI=1S/C19H18N6/c1-2-13(3-1)11-22-19-23-12-18-15(6-9-25(18)24-19)14-4-5-16-17(10-14)21-8-7-20-16/h4-10,12-13H,1-3,11H2,(H,22,24). The Morgan fingerprint density at radius 1 is 1.04 bits per heavy atom. The first kappa shape index (κ1) is 14.3. The maximum Gasteiger partial charge on any atom is 0.241 e. The van der Waals surface area contributed by atoms with E-state index in [9.17, 15) is 0 Å². The van der Waals surface area contributed by atoms with Gasteiger partial charge in [0.15, 0.2) is 0 Å². The molecule has 1 saturated carbocycles. The van der Waals surface area contributed by atoms with Crippen molar-refractivity contribution in [2.45, 2.75) is 19.3 Å². The normalized spacial score (nSPS) is 14.7. The molecule has 3 aromatic heterocycles. The van der Waals surface area contributed by atoms with Crippen LogP contribution >= 0.6 is 0 Å². The molecule has 0 spiro atoms. The zero-order chi connectivity index (χ0) is 16.6. The average molecular weight is 330 g/mol. The van der Waals surface area contributed by atoms with Gasteiger partial charge in [0.25, 0.3) is 0 Å². The molecule has 1 fully saturated rings. The van der Waals surface area contributed by atoms with Gasteiger partial charge in [-0.2, -0.15) is 0 Å². The summed E-state index contributed by atoms with van der Waals surface area (Å²) in [4.78, 5) is 13.2. The zero-order valence-corrected chi connectivity index (χ0v) is 13.8. The van der Waals surface area contributed by atoms with E-state index in [2.05, 4.69) is 43.6 Å². The second-order valence-corrected chi connectivity index (χ2v) is 6.58. The van der Waals surface area contributed by atoms with Gasteiger partial charge in [-0.25, -0.2) is 9.50 Å². The summed E-state index contributed by atoms with van der Waals surface area (Å²) in [6, 6.07) is 8.18. The molecule has 1 aliphatic carbocycles. The SMILES string of the molecule is c1cnc2cc(-c3ccn4nc(NCC5CCC5)ncc34)ccc2n1. The summed E-state index contributed by atoms with van der Waals surface area (Å²) in [6.07, 6.45) is 11.3. The molecule has 3 heterocycles. The summed E-state index contributed by atoms with van der Waals surface area (Å²) >= 11 is 0. The molecule has 0 saturated heterocycles. The number of fused-ring (bicyclic) bond motifs is 2. The number of hydrogen-bond acceptors (Lipinski definition) is 5. The van der Waals surface area contributed by atoms with Crippen LogP contribution < -0.4 is 5.32 Å². The van der Waals surface area contributed by atoms with Gasteiger partial charge in [0.05, 0.1) is 22.7 Å². The molecule has 6 nitrogen and oxygen atoms in total. The molecule has 0 amide bonds. The van der Waals surface area contributed by atoms with Gasteiger partial charge in [-0.3, -0.25) is 9.97 Å². The molecule has 6 heteroatoms. The van der Waals surface area contributed by atoms with Crippen molar-refractivity contribution in [1.82, 2.24) is 24.6 Å². The third-order valence-corrected chi connectivity index (χ3v) is 4.97. The van der Waals surface area contributed by atoms with Crippen molar-refractivity contribution in [1.29, 1.82) is 0 Å². The van der Waals surface area contributed by atoms with E-state index in [-0.39, 0.29) is 0 Å². The smallest absolute Gasteiger partial charge is 0.241 e. The second-order valence-electron chi connectivity index (χ2n) is 6.58. The highest BCUT2D eigenvalue weighted by Crippen LogP contribution is 2.28. The summed E-state index contributed by atoms with van der Waals surface area (Å²) in [5.74, 6) is 1.46. The first-order chi connectivity index (χ1) is 12.4. The predicted octanol–water partition coefficient (Wildman–Crippen LogP) is 3.55. The number of anilines is 1. The van der Waals surface area contributed by atoms with Crippen molar-refractivity contribution in [2.24, 2.45) is 5.92 Å². The average Bonchev–Trinajstić information content (AvgIpc) is 3.03. The van der Waals surface area contributed by atoms with Crippen molar-refractivity contribution in [3.63, 3.8) is 0 Å². The third kappa shape index (κ3) is 2.59. The topological polar surface area (TPSA) is 68.0 Å². The van der Waals surface area contributed by atoms with Crippen LogP contribution in [0.1, 0.15) is 19.3 Å². The van der Waals surface area contributed by atoms with Crippen LogP contribution in [0.5, 0.6) is 0 Å². The van der Waals surface area contributed by atoms with Gasteiger partial charge in [0, 0.05) is 30.7 Å². The largest absolute Gasteiger partial charge is 0.353 e. The molecule has 0 aliphatic heterocycles. The number of benzene rings is 1. The van der Waals surface area contributed by atoms with Crippen molar-refractivity contribution in [2.75, 3.05) is 11.9 Å². The summed E-state index contributed by atoms with van der Waals surface area (Å²) in [6.45, 7) is 0.961. The lowest BCUT2D eigenvalue weighted by atomic mass is 9.85. The van der Waals surface area contributed by atoms with E-state index in [0.29, 0.717) is 5.95 Å². The quantitative estimate of drug-likeness (QED) is 0.620. The zero-order valence-electron chi connectivity index (χ0n) is 13.8. The van der Waals surface area contributed by atoms with Gasteiger partial charge in [0.1, 0.15) is 0 Å². The van der Waals surface area contributed by atoms with Gasteiger partial charge in [-0.15, -0.1) is 5.10 Å². The Morgan fingerprint density at radius 3 is 2.76 bits per heavy atom. The van der Waals surface area contributed by atoms with Gasteiger partial charge < -0.3 is 5.32 Å². The van der Waals surface area contributed by atoms with E-state index in [4.69, 9.17) is 0 Å². The van der Waals surface area contributed by atoms with Crippen molar-refractivity contribution >= 4 is 22.5 Å². The van der Waals surface area contributed by atoms with E-state index >= 15 is 0 Å². The molecule has 4 aromatic rings. The molecule has 0 atom stereocenters. The highest BCUT2D eigenvalue weighted by Gasteiger charge is 2.17. The minimum Gasteiger partial charge on any atom is -0.353 e. The van der Waals surface area contributed by atoms with Crippen LogP contribution in [0, 0.1) is 5.92 Å². The summed E-state index contributed by atoms with van der Waals surface area (Å²) in [5.41, 5.74) is 4.96. The second kappa shape index (κ2) is 5.81. The van der Waals surface area contributed by atoms with Gasteiger partial charge in [-0.05, 0) is 42.5 Å². The lowest BCUT2D eigenvalue weighted by Crippen LogP contribution is -2.22. The number of hydrogen-bond donors (Lipinski definition) is 1. The van der Waals surface area contributed by atoms with Crippen molar-refractivity contribution in [3.8, 4) is 11.1 Å². The molecule has 25 heavy (non-hydrogen) atoms. The fourth-order valence-corrected chi connectivity index (χ4v) is 3.29. The van der Waals surface area contributed by atoms with E-state index in [1.165, 1.54) is 19.3 Å². The van der Waals surface area contributed by atoms with Crippen LogP contribution in [0.3, 0.4) is 0 Å². The minimum absolute atomic E-state index is 0.686. The maximum atomic E-state index is 4.58. The Hall–Kier alpha value is -3.02. The molecule has 124 valence electrons. The third-order valence-electron chi connectivity index (χ3n) is 4.97. The van der Waals surface area contributed by atoms with Crippen LogP contribution in [0.4, 0.5) is 5.95 Å². The van der Waals surface area contributed by atoms with E-state index < -0.39 is 0 Å². The Kier molecular flexibility index (Phi) is 3.33. The van der Waals surface area contributed by atoms with Crippen molar-refractivity contribution < 1.29 is 0 Å². The fraction of sp³-hybridized carbons (Fsp3) is 0.263. The summed E-state index contributed by atoms with van der Waals surface area (Å²) < 4.78 is 1.88. The Bertz CT molecular complexity index is 1050. The first-order valence-corrected chi connectivity index (χ1v) is 8.66. The Morgan fingerprint density at radius 2 is 1.92 bits per heavy atom. The van der Waals surface area contributed by atoms with Crippen LogP contribution in [-0.2, 0) is 0 Å². The number of nitrogens with one attached hydrogen (secondary N) is 1. The number of aromatic nitrogens is 5. The molecular weight excluding hydrogens is 312 g/mol.